The lowest BCUT2D eigenvalue weighted by atomic mass is 9.33. The van der Waals surface area contributed by atoms with E-state index in [1.165, 1.54) is 20.8 Å². The monoisotopic (exact) mass is 616 g/mol. The Kier molecular flexibility index (Phi) is 6.21. The zero-order valence-corrected chi connectivity index (χ0v) is 25.7. The molecule has 14 atom stereocenters. The maximum absolute atomic E-state index is 15.2. The van der Waals surface area contributed by atoms with Crippen LogP contribution in [0.5, 0.6) is 0 Å². The van der Waals surface area contributed by atoms with E-state index in [0.29, 0.717) is 6.42 Å². The van der Waals surface area contributed by atoms with E-state index in [1.54, 1.807) is 19.5 Å². The number of carbonyl (C=O) groups is 4. The molecular weight excluding hydrogens is 576 g/mol. The van der Waals surface area contributed by atoms with Crippen LogP contribution < -0.4 is 0 Å². The average molecular weight is 617 g/mol. The fourth-order valence-electron chi connectivity index (χ4n) is 11.3. The van der Waals surface area contributed by atoms with Gasteiger partial charge in [-0.15, -0.1) is 0 Å². The molecule has 2 N–H and O–H groups in total. The van der Waals surface area contributed by atoms with E-state index in [1.807, 2.05) is 19.9 Å². The lowest BCUT2D eigenvalue weighted by Gasteiger charge is -2.73. The average Bonchev–Trinajstić information content (AvgIpc) is 3.29. The predicted molar refractivity (Wildman–Crippen MR) is 146 cm³/mol. The highest BCUT2D eigenvalue weighted by atomic mass is 16.7. The second-order valence-corrected chi connectivity index (χ2v) is 14.5. The fraction of sp³-hybridized carbons (Fsp3) is 0.750. The topological polar surface area (TPSA) is 171 Å². The van der Waals surface area contributed by atoms with Crippen LogP contribution in [0.2, 0.25) is 0 Å². The van der Waals surface area contributed by atoms with E-state index >= 15 is 4.79 Å². The highest BCUT2D eigenvalue weighted by Gasteiger charge is 2.92. The molecular formula is C32H40O12. The van der Waals surface area contributed by atoms with Crippen molar-refractivity contribution >= 4 is 23.7 Å². The molecule has 1 spiro atoms. The third kappa shape index (κ3) is 3.22. The molecule has 44 heavy (non-hydrogen) atoms. The summed E-state index contributed by atoms with van der Waals surface area (Å²) in [6.45, 7) is 9.09. The van der Waals surface area contributed by atoms with E-state index in [2.05, 4.69) is 0 Å². The molecule has 2 aliphatic heterocycles. The van der Waals surface area contributed by atoms with Gasteiger partial charge in [0.2, 0.25) is 6.29 Å². The van der Waals surface area contributed by atoms with Gasteiger partial charge in [0.25, 0.3) is 0 Å². The molecule has 0 aromatic carbocycles. The van der Waals surface area contributed by atoms with Crippen LogP contribution in [-0.4, -0.2) is 82.9 Å². The molecule has 7 rings (SSSR count). The summed E-state index contributed by atoms with van der Waals surface area (Å²) in [5.41, 5.74) is -5.09. The molecule has 1 unspecified atom stereocenters. The van der Waals surface area contributed by atoms with Crippen LogP contribution in [0.15, 0.2) is 23.0 Å². The number of Topliss-reactive ketones (excluding diaryl/α,β-unsaturated/α-hetero) is 1. The SMILES string of the molecule is CC(=O)OC1OC[C@@]23[C@H]4C(=O)[C@H](OC(C)=O)[C@@]5(C)[C@H](c6ccoc6)C[C@H]6O[C@]65[C@]4(C)[C@H](O)C[C@H]2[C@]1(C)[C@H](OC(C)=O)C[C@@H]3O. The lowest BCUT2D eigenvalue weighted by molar-refractivity contribution is -0.374. The second kappa shape index (κ2) is 9.14. The number of aliphatic hydroxyl groups excluding tert-OH is 2. The quantitative estimate of drug-likeness (QED) is 0.287. The summed E-state index contributed by atoms with van der Waals surface area (Å²) in [5.74, 6) is -4.32. The van der Waals surface area contributed by atoms with Crippen molar-refractivity contribution in [2.45, 2.75) is 109 Å². The normalized spacial score (nSPS) is 51.6. The van der Waals surface area contributed by atoms with E-state index in [-0.39, 0.29) is 31.5 Å². The Morgan fingerprint density at radius 1 is 0.909 bits per heavy atom. The van der Waals surface area contributed by atoms with E-state index < -0.39 is 93.5 Å². The Morgan fingerprint density at radius 2 is 1.59 bits per heavy atom. The molecule has 12 heteroatoms. The molecule has 1 aromatic rings. The van der Waals surface area contributed by atoms with E-state index in [0.717, 1.165) is 5.56 Å². The van der Waals surface area contributed by atoms with Gasteiger partial charge < -0.3 is 38.3 Å². The summed E-state index contributed by atoms with van der Waals surface area (Å²) in [4.78, 5) is 52.3. The van der Waals surface area contributed by atoms with Gasteiger partial charge in [0.1, 0.15) is 11.7 Å². The van der Waals surface area contributed by atoms with Crippen LogP contribution in [0.4, 0.5) is 0 Å². The molecule has 6 aliphatic rings. The fourth-order valence-corrected chi connectivity index (χ4v) is 11.3. The molecule has 240 valence electrons. The Balaban J connectivity index is 1.43. The van der Waals surface area contributed by atoms with Crippen molar-refractivity contribution in [3.8, 4) is 0 Å². The first-order chi connectivity index (χ1) is 20.6. The van der Waals surface area contributed by atoms with Gasteiger partial charge in [0, 0.05) is 49.9 Å². The smallest absolute Gasteiger partial charge is 0.304 e. The zero-order chi connectivity index (χ0) is 31.8. The highest BCUT2D eigenvalue weighted by molar-refractivity contribution is 5.93. The number of ether oxygens (including phenoxy) is 5. The molecule has 2 bridgehead atoms. The van der Waals surface area contributed by atoms with Crippen molar-refractivity contribution in [3.05, 3.63) is 24.2 Å². The number of hydrogen-bond acceptors (Lipinski definition) is 12. The van der Waals surface area contributed by atoms with Crippen LogP contribution in [-0.2, 0) is 42.9 Å². The zero-order valence-electron chi connectivity index (χ0n) is 25.7. The summed E-state index contributed by atoms with van der Waals surface area (Å²) in [6.07, 6.45) is -2.32. The van der Waals surface area contributed by atoms with Gasteiger partial charge in [-0.1, -0.05) is 13.8 Å². The summed E-state index contributed by atoms with van der Waals surface area (Å²) in [7, 11) is 0. The minimum atomic E-state index is -1.31. The first kappa shape index (κ1) is 29.9. The van der Waals surface area contributed by atoms with Gasteiger partial charge in [0.05, 0.1) is 48.3 Å². The van der Waals surface area contributed by atoms with Crippen molar-refractivity contribution < 1.29 is 57.5 Å². The Bertz CT molecular complexity index is 1420. The predicted octanol–water partition coefficient (Wildman–Crippen LogP) is 2.04. The second-order valence-electron chi connectivity index (χ2n) is 14.5. The molecule has 0 amide bonds. The van der Waals surface area contributed by atoms with Gasteiger partial charge in [-0.3, -0.25) is 19.2 Å². The summed E-state index contributed by atoms with van der Waals surface area (Å²) in [6, 6.07) is 1.83. The summed E-state index contributed by atoms with van der Waals surface area (Å²) >= 11 is 0. The number of hydrogen-bond donors (Lipinski definition) is 2. The number of carbonyl (C=O) groups excluding carboxylic acids is 4. The van der Waals surface area contributed by atoms with Crippen molar-refractivity contribution in [2.75, 3.05) is 6.61 Å². The third-order valence-electron chi connectivity index (χ3n) is 12.8. The highest BCUT2D eigenvalue weighted by Crippen LogP contribution is 2.83. The molecule has 0 radical (unpaired) electrons. The summed E-state index contributed by atoms with van der Waals surface area (Å²) in [5, 5.41) is 24.5. The molecule has 3 heterocycles. The molecule has 4 saturated carbocycles. The largest absolute Gasteiger partial charge is 0.472 e. The van der Waals surface area contributed by atoms with Gasteiger partial charge in [-0.05, 0) is 37.3 Å². The van der Waals surface area contributed by atoms with Crippen LogP contribution >= 0.6 is 0 Å². The number of rotatable bonds is 4. The van der Waals surface area contributed by atoms with Gasteiger partial charge in [-0.25, -0.2) is 0 Å². The number of fused-ring (bicyclic) bond motifs is 1. The Morgan fingerprint density at radius 3 is 2.20 bits per heavy atom. The number of furan rings is 1. The van der Waals surface area contributed by atoms with Gasteiger partial charge in [0.15, 0.2) is 11.9 Å². The van der Waals surface area contributed by atoms with Crippen LogP contribution in [0.25, 0.3) is 0 Å². The van der Waals surface area contributed by atoms with Crippen LogP contribution in [0.3, 0.4) is 0 Å². The van der Waals surface area contributed by atoms with Crippen LogP contribution in [0, 0.1) is 33.5 Å². The minimum absolute atomic E-state index is 0.0475. The maximum Gasteiger partial charge on any atom is 0.304 e. The van der Waals surface area contributed by atoms with Crippen molar-refractivity contribution in [2.24, 2.45) is 33.5 Å². The molecule has 2 saturated heterocycles. The first-order valence-corrected chi connectivity index (χ1v) is 15.3. The Labute approximate surface area is 254 Å². The van der Waals surface area contributed by atoms with E-state index in [9.17, 15) is 24.6 Å². The maximum atomic E-state index is 15.2. The molecule has 1 aromatic heterocycles. The van der Waals surface area contributed by atoms with E-state index in [4.69, 9.17) is 28.1 Å². The molecule has 12 nitrogen and oxygen atoms in total. The van der Waals surface area contributed by atoms with Gasteiger partial charge >= 0.3 is 17.9 Å². The lowest BCUT2D eigenvalue weighted by Crippen LogP contribution is -2.82. The first-order valence-electron chi connectivity index (χ1n) is 15.3. The summed E-state index contributed by atoms with van der Waals surface area (Å²) < 4.78 is 35.6. The third-order valence-corrected chi connectivity index (χ3v) is 12.8. The number of esters is 3. The standard InChI is InChI=1S/C32H40O12/c1-14(33)41-22-11-21(37)31-13-40-27(43-16(3)35)28(22,4)19(31)10-20(36)30(6)25(31)24(38)26(42-15(2)34)29(5)18(17-7-8-39-12-17)9-23-32(29,30)44-23/h7-8,12,18-23,25-27,36-37H,9-11,13H2,1-6H3/t18-,19-,20+,21-,22+,23+,25-,26-,27?,28+,29+,30+,31+,32+/m0/s1. The van der Waals surface area contributed by atoms with Gasteiger partial charge in [-0.2, -0.15) is 0 Å². The molecule has 4 aliphatic carbocycles. The minimum Gasteiger partial charge on any atom is -0.472 e. The van der Waals surface area contributed by atoms with Crippen LogP contribution in [0.1, 0.15) is 72.3 Å². The molecule has 6 fully saturated rings. The van der Waals surface area contributed by atoms with Crippen molar-refractivity contribution in [3.63, 3.8) is 0 Å². The Hall–Kier alpha value is -2.80. The number of epoxide rings is 1. The number of ketones is 1. The number of aliphatic hydroxyl groups is 2. The van der Waals surface area contributed by atoms with Crippen molar-refractivity contribution in [1.29, 1.82) is 0 Å². The van der Waals surface area contributed by atoms with Crippen molar-refractivity contribution in [1.82, 2.24) is 0 Å².